The predicted molar refractivity (Wildman–Crippen MR) is 82.4 cm³/mol. The highest BCUT2D eigenvalue weighted by atomic mass is 35.5. The number of carbonyl (C=O) groups excluding carboxylic acids is 1. The Morgan fingerprint density at radius 2 is 2.30 bits per heavy atom. The molecule has 0 aliphatic heterocycles. The molecule has 5 heteroatoms. The number of nitrogens with one attached hydrogen (secondary N) is 1. The lowest BCUT2D eigenvalue weighted by molar-refractivity contribution is 0.102. The SMILES string of the molecule is Cc1c(Cl)cccc1NC(=O)c1csc(C#CCO)c1. The van der Waals surface area contributed by atoms with E-state index in [1.165, 1.54) is 11.3 Å². The number of thiophene rings is 1. The van der Waals surface area contributed by atoms with Crippen molar-refractivity contribution in [1.82, 2.24) is 0 Å². The fraction of sp³-hybridized carbons (Fsp3) is 0.133. The summed E-state index contributed by atoms with van der Waals surface area (Å²) < 4.78 is 0. The standard InChI is InChI=1S/C15H12ClNO2S/c1-10-13(16)5-2-6-14(10)17-15(19)11-8-12(20-9-11)4-3-7-18/h2,5-6,8-9,18H,7H2,1H3,(H,17,19). The van der Waals surface area contributed by atoms with Gasteiger partial charge < -0.3 is 10.4 Å². The third-order valence-electron chi connectivity index (χ3n) is 2.67. The molecule has 0 fully saturated rings. The highest BCUT2D eigenvalue weighted by molar-refractivity contribution is 7.10. The van der Waals surface area contributed by atoms with Crippen LogP contribution in [0.5, 0.6) is 0 Å². The van der Waals surface area contributed by atoms with E-state index < -0.39 is 0 Å². The fourth-order valence-corrected chi connectivity index (χ4v) is 2.51. The van der Waals surface area contributed by atoms with Gasteiger partial charge in [-0.2, -0.15) is 0 Å². The molecule has 3 nitrogen and oxygen atoms in total. The van der Waals surface area contributed by atoms with Crippen LogP contribution in [0.25, 0.3) is 0 Å². The van der Waals surface area contributed by atoms with E-state index >= 15 is 0 Å². The van der Waals surface area contributed by atoms with Crippen LogP contribution in [0, 0.1) is 18.8 Å². The minimum Gasteiger partial charge on any atom is -0.384 e. The Hall–Kier alpha value is -1.80. The van der Waals surface area contributed by atoms with Crippen LogP contribution in [-0.2, 0) is 0 Å². The van der Waals surface area contributed by atoms with Crippen LogP contribution in [0.4, 0.5) is 5.69 Å². The lowest BCUT2D eigenvalue weighted by Crippen LogP contribution is -2.11. The van der Waals surface area contributed by atoms with Gasteiger partial charge in [0.25, 0.3) is 5.91 Å². The van der Waals surface area contributed by atoms with Crippen molar-refractivity contribution in [3.8, 4) is 11.8 Å². The van der Waals surface area contributed by atoms with Crippen molar-refractivity contribution in [2.45, 2.75) is 6.92 Å². The number of halogens is 1. The molecule has 2 aromatic rings. The first-order chi connectivity index (χ1) is 9.61. The zero-order valence-corrected chi connectivity index (χ0v) is 12.3. The number of amides is 1. The summed E-state index contributed by atoms with van der Waals surface area (Å²) in [6.07, 6.45) is 0. The van der Waals surface area contributed by atoms with Crippen molar-refractivity contribution in [2.24, 2.45) is 0 Å². The maximum atomic E-state index is 12.1. The average Bonchev–Trinajstić information content (AvgIpc) is 2.90. The molecular weight excluding hydrogens is 294 g/mol. The number of aliphatic hydroxyl groups excluding tert-OH is 1. The van der Waals surface area contributed by atoms with E-state index in [1.807, 2.05) is 6.92 Å². The van der Waals surface area contributed by atoms with Crippen LogP contribution in [0.1, 0.15) is 20.8 Å². The lowest BCUT2D eigenvalue weighted by Gasteiger charge is -2.08. The summed E-state index contributed by atoms with van der Waals surface area (Å²) in [4.78, 5) is 12.9. The third kappa shape index (κ3) is 3.40. The smallest absolute Gasteiger partial charge is 0.256 e. The number of aliphatic hydroxyl groups is 1. The van der Waals surface area contributed by atoms with Gasteiger partial charge in [0.1, 0.15) is 6.61 Å². The summed E-state index contributed by atoms with van der Waals surface area (Å²) in [6, 6.07) is 7.07. The second-order valence-electron chi connectivity index (χ2n) is 4.03. The van der Waals surface area contributed by atoms with Crippen LogP contribution in [0.3, 0.4) is 0 Å². The van der Waals surface area contributed by atoms with E-state index in [4.69, 9.17) is 16.7 Å². The minimum atomic E-state index is -0.205. The largest absolute Gasteiger partial charge is 0.384 e. The first kappa shape index (κ1) is 14.6. The molecule has 2 rings (SSSR count). The second kappa shape index (κ2) is 6.58. The zero-order chi connectivity index (χ0) is 14.5. The maximum absolute atomic E-state index is 12.1. The zero-order valence-electron chi connectivity index (χ0n) is 10.7. The Balaban J connectivity index is 2.16. The maximum Gasteiger partial charge on any atom is 0.256 e. The molecule has 0 saturated heterocycles. The molecule has 1 aromatic heterocycles. The molecule has 2 N–H and O–H groups in total. The molecule has 0 bridgehead atoms. The molecule has 0 spiro atoms. The number of benzene rings is 1. The first-order valence-corrected chi connectivity index (χ1v) is 7.12. The Morgan fingerprint density at radius 1 is 1.50 bits per heavy atom. The van der Waals surface area contributed by atoms with Crippen LogP contribution < -0.4 is 5.32 Å². The molecule has 20 heavy (non-hydrogen) atoms. The second-order valence-corrected chi connectivity index (χ2v) is 5.34. The van der Waals surface area contributed by atoms with Gasteiger partial charge in [-0.3, -0.25) is 4.79 Å². The van der Waals surface area contributed by atoms with Gasteiger partial charge in [-0.05, 0) is 30.7 Å². The highest BCUT2D eigenvalue weighted by Crippen LogP contribution is 2.24. The van der Waals surface area contributed by atoms with E-state index in [-0.39, 0.29) is 12.5 Å². The average molecular weight is 306 g/mol. The van der Waals surface area contributed by atoms with E-state index in [0.717, 1.165) is 10.4 Å². The predicted octanol–water partition coefficient (Wildman–Crippen LogP) is 3.31. The summed E-state index contributed by atoms with van der Waals surface area (Å²) in [5.74, 6) is 5.12. The molecule has 0 saturated carbocycles. The Kier molecular flexibility index (Phi) is 4.80. The summed E-state index contributed by atoms with van der Waals surface area (Å²) in [7, 11) is 0. The molecule has 1 amide bonds. The van der Waals surface area contributed by atoms with E-state index in [0.29, 0.717) is 16.3 Å². The number of carbonyl (C=O) groups is 1. The van der Waals surface area contributed by atoms with Crippen LogP contribution in [-0.4, -0.2) is 17.6 Å². The number of hydrogen-bond acceptors (Lipinski definition) is 3. The van der Waals surface area contributed by atoms with Gasteiger partial charge in [0, 0.05) is 16.1 Å². The summed E-state index contributed by atoms with van der Waals surface area (Å²) >= 11 is 7.38. The number of rotatable bonds is 2. The molecule has 1 aromatic carbocycles. The van der Waals surface area contributed by atoms with Crippen LogP contribution in [0.2, 0.25) is 5.02 Å². The molecule has 0 atom stereocenters. The van der Waals surface area contributed by atoms with Crippen molar-refractivity contribution in [3.05, 3.63) is 50.7 Å². The van der Waals surface area contributed by atoms with Gasteiger partial charge in [0.2, 0.25) is 0 Å². The third-order valence-corrected chi connectivity index (χ3v) is 3.92. The Bertz CT molecular complexity index is 697. The first-order valence-electron chi connectivity index (χ1n) is 5.86. The summed E-state index contributed by atoms with van der Waals surface area (Å²) in [5, 5.41) is 13.8. The van der Waals surface area contributed by atoms with Gasteiger partial charge >= 0.3 is 0 Å². The summed E-state index contributed by atoms with van der Waals surface area (Å²) in [6.45, 7) is 1.66. The fourth-order valence-electron chi connectivity index (χ4n) is 1.58. The van der Waals surface area contributed by atoms with Crippen molar-refractivity contribution in [2.75, 3.05) is 11.9 Å². The lowest BCUT2D eigenvalue weighted by atomic mass is 10.2. The molecule has 102 valence electrons. The molecule has 0 aliphatic rings. The van der Waals surface area contributed by atoms with Gasteiger partial charge in [-0.1, -0.05) is 29.5 Å². The minimum absolute atomic E-state index is 0.193. The van der Waals surface area contributed by atoms with Crippen molar-refractivity contribution in [1.29, 1.82) is 0 Å². The van der Waals surface area contributed by atoms with Crippen LogP contribution >= 0.6 is 22.9 Å². The highest BCUT2D eigenvalue weighted by Gasteiger charge is 2.10. The van der Waals surface area contributed by atoms with E-state index in [1.54, 1.807) is 29.6 Å². The number of hydrogen-bond donors (Lipinski definition) is 2. The van der Waals surface area contributed by atoms with Gasteiger partial charge in [0.15, 0.2) is 0 Å². The monoisotopic (exact) mass is 305 g/mol. The molecule has 0 radical (unpaired) electrons. The molecular formula is C15H12ClNO2S. The van der Waals surface area contributed by atoms with Gasteiger partial charge in [-0.25, -0.2) is 0 Å². The molecule has 0 aliphatic carbocycles. The van der Waals surface area contributed by atoms with Crippen LogP contribution in [0.15, 0.2) is 29.6 Å². The number of anilines is 1. The summed E-state index contributed by atoms with van der Waals surface area (Å²) in [5.41, 5.74) is 2.06. The van der Waals surface area contributed by atoms with Gasteiger partial charge in [-0.15, -0.1) is 11.3 Å². The van der Waals surface area contributed by atoms with E-state index in [2.05, 4.69) is 17.2 Å². The Labute approximate surface area is 126 Å². The van der Waals surface area contributed by atoms with Crippen molar-refractivity contribution < 1.29 is 9.90 Å². The quantitative estimate of drug-likeness (QED) is 0.836. The normalized spacial score (nSPS) is 9.75. The topological polar surface area (TPSA) is 49.3 Å². The van der Waals surface area contributed by atoms with Gasteiger partial charge in [0.05, 0.1) is 10.4 Å². The molecule has 0 unspecified atom stereocenters. The van der Waals surface area contributed by atoms with Crippen molar-refractivity contribution >= 4 is 34.5 Å². The Morgan fingerprint density at radius 3 is 3.05 bits per heavy atom. The van der Waals surface area contributed by atoms with E-state index in [9.17, 15) is 4.79 Å². The van der Waals surface area contributed by atoms with Crippen molar-refractivity contribution in [3.63, 3.8) is 0 Å². The molecule has 1 heterocycles.